The molecule has 4 nitrogen and oxygen atoms in total. The minimum atomic E-state index is 0.0382. The molecule has 0 bridgehead atoms. The van der Waals surface area contributed by atoms with E-state index in [4.69, 9.17) is 16.1 Å². The van der Waals surface area contributed by atoms with Crippen molar-refractivity contribution >= 4 is 0 Å². The summed E-state index contributed by atoms with van der Waals surface area (Å²) in [4.78, 5) is 0. The van der Waals surface area contributed by atoms with Crippen LogP contribution in [0.1, 0.15) is 0 Å². The van der Waals surface area contributed by atoms with Crippen LogP contribution >= 0.6 is 0 Å². The van der Waals surface area contributed by atoms with Crippen LogP contribution < -0.4 is 5.84 Å². The topological polar surface area (TPSA) is 69.7 Å². The lowest BCUT2D eigenvalue weighted by atomic mass is 10.4. The molecule has 0 atom stereocenters. The summed E-state index contributed by atoms with van der Waals surface area (Å²) in [6, 6.07) is 12.0. The Morgan fingerprint density at radius 1 is 0.786 bits per heavy atom. The first-order valence-corrected chi connectivity index (χ1v) is 4.52. The van der Waals surface area contributed by atoms with E-state index in [0.717, 1.165) is 0 Å². The zero-order valence-electron chi connectivity index (χ0n) is 8.21. The minimum Gasteiger partial charge on any atom is -0.395 e. The second-order valence-electron chi connectivity index (χ2n) is 2.64. The zero-order chi connectivity index (χ0) is 10.6. The molecule has 0 saturated heterocycles. The molecule has 0 aliphatic carbocycles. The molecule has 14 heavy (non-hydrogen) atoms. The smallest absolute Gasteiger partial charge is 0.0572 e. The first-order valence-electron chi connectivity index (χ1n) is 4.52. The maximum Gasteiger partial charge on any atom is 0.0572 e. The third kappa shape index (κ3) is 9.15. The minimum absolute atomic E-state index is 0.0382. The van der Waals surface area contributed by atoms with Gasteiger partial charge in [0.2, 0.25) is 0 Å². The largest absolute Gasteiger partial charge is 0.395 e. The third-order valence-corrected chi connectivity index (χ3v) is 1.44. The molecule has 4 heteroatoms. The fourth-order valence-electron chi connectivity index (χ4n) is 0.754. The van der Waals surface area contributed by atoms with E-state index >= 15 is 0 Å². The van der Waals surface area contributed by atoms with Gasteiger partial charge in [0, 0.05) is 13.1 Å². The van der Waals surface area contributed by atoms with E-state index < -0.39 is 0 Å². The molecule has 0 aliphatic rings. The van der Waals surface area contributed by atoms with Gasteiger partial charge in [-0.2, -0.15) is 0 Å². The van der Waals surface area contributed by atoms with Crippen LogP contribution in [0.2, 0.25) is 0 Å². The predicted molar refractivity (Wildman–Crippen MR) is 56.4 cm³/mol. The molecular weight excluding hydrogens is 180 g/mol. The number of nitrogens with two attached hydrogens (primary N) is 1. The Labute approximate surface area is 84.6 Å². The van der Waals surface area contributed by atoms with E-state index in [0.29, 0.717) is 13.1 Å². The SMILES string of the molecule is NN(CCO)CCO.c1ccccc1. The second kappa shape index (κ2) is 10.1. The van der Waals surface area contributed by atoms with Crippen molar-refractivity contribution in [3.8, 4) is 0 Å². The van der Waals surface area contributed by atoms with E-state index in [9.17, 15) is 0 Å². The Balaban J connectivity index is 0.000000249. The maximum absolute atomic E-state index is 8.26. The van der Waals surface area contributed by atoms with Crippen LogP contribution in [0.4, 0.5) is 0 Å². The lowest BCUT2D eigenvalue weighted by molar-refractivity contribution is 0.163. The summed E-state index contributed by atoms with van der Waals surface area (Å²) in [6.07, 6.45) is 0. The number of hydrogen-bond acceptors (Lipinski definition) is 4. The monoisotopic (exact) mass is 198 g/mol. The van der Waals surface area contributed by atoms with E-state index in [1.54, 1.807) is 0 Å². The van der Waals surface area contributed by atoms with Gasteiger partial charge in [0.05, 0.1) is 13.2 Å². The van der Waals surface area contributed by atoms with E-state index in [1.807, 2.05) is 36.4 Å². The van der Waals surface area contributed by atoms with Crippen LogP contribution in [0, 0.1) is 0 Å². The van der Waals surface area contributed by atoms with Crippen molar-refractivity contribution in [2.45, 2.75) is 0 Å². The fourth-order valence-corrected chi connectivity index (χ4v) is 0.754. The summed E-state index contributed by atoms with van der Waals surface area (Å²) in [5.74, 6) is 5.21. The number of nitrogens with zero attached hydrogens (tertiary/aromatic N) is 1. The van der Waals surface area contributed by atoms with Crippen LogP contribution in [0.3, 0.4) is 0 Å². The molecule has 80 valence electrons. The Hall–Kier alpha value is -0.940. The maximum atomic E-state index is 8.26. The van der Waals surface area contributed by atoms with Gasteiger partial charge in [-0.25, -0.2) is 5.01 Å². The summed E-state index contributed by atoms with van der Waals surface area (Å²) >= 11 is 0. The van der Waals surface area contributed by atoms with Gasteiger partial charge in [-0.05, 0) is 0 Å². The van der Waals surface area contributed by atoms with Gasteiger partial charge in [0.25, 0.3) is 0 Å². The van der Waals surface area contributed by atoms with Gasteiger partial charge in [-0.1, -0.05) is 36.4 Å². The number of hydrazine groups is 1. The third-order valence-electron chi connectivity index (χ3n) is 1.44. The van der Waals surface area contributed by atoms with E-state index in [1.165, 1.54) is 5.01 Å². The molecule has 1 aromatic carbocycles. The van der Waals surface area contributed by atoms with Gasteiger partial charge in [0.1, 0.15) is 0 Å². The van der Waals surface area contributed by atoms with Crippen molar-refractivity contribution < 1.29 is 10.2 Å². The van der Waals surface area contributed by atoms with Crippen molar-refractivity contribution in [2.75, 3.05) is 26.3 Å². The van der Waals surface area contributed by atoms with Gasteiger partial charge in [-0.3, -0.25) is 5.84 Å². The van der Waals surface area contributed by atoms with Gasteiger partial charge < -0.3 is 10.2 Å². The van der Waals surface area contributed by atoms with Crippen molar-refractivity contribution in [1.82, 2.24) is 5.01 Å². The summed E-state index contributed by atoms with van der Waals surface area (Å²) in [5.41, 5.74) is 0. The van der Waals surface area contributed by atoms with Crippen LogP contribution in [0.25, 0.3) is 0 Å². The lowest BCUT2D eigenvalue weighted by Gasteiger charge is -2.11. The Morgan fingerprint density at radius 3 is 1.29 bits per heavy atom. The van der Waals surface area contributed by atoms with Crippen molar-refractivity contribution in [3.05, 3.63) is 36.4 Å². The molecule has 1 rings (SSSR count). The van der Waals surface area contributed by atoms with Crippen LogP contribution in [-0.4, -0.2) is 41.5 Å². The Kier molecular flexibility index (Phi) is 9.46. The molecule has 1 aromatic rings. The highest BCUT2D eigenvalue weighted by Crippen LogP contribution is 1.79. The standard InChI is InChI=1S/C6H6.C4H12N2O2/c1-2-4-6-5-3-1;5-6(1-3-7)2-4-8/h1-6H;7-8H,1-5H2. The molecule has 0 radical (unpaired) electrons. The van der Waals surface area contributed by atoms with Crippen LogP contribution in [-0.2, 0) is 0 Å². The molecular formula is C10H18N2O2. The van der Waals surface area contributed by atoms with Crippen LogP contribution in [0.15, 0.2) is 36.4 Å². The number of aliphatic hydroxyl groups excluding tert-OH is 2. The normalized spacial score (nSPS) is 9.43. The highest BCUT2D eigenvalue weighted by molar-refractivity contribution is 4.99. The summed E-state index contributed by atoms with van der Waals surface area (Å²) in [6.45, 7) is 0.911. The number of aliphatic hydroxyl groups is 2. The zero-order valence-corrected chi connectivity index (χ0v) is 8.21. The lowest BCUT2D eigenvalue weighted by Crippen LogP contribution is -2.35. The Bertz CT molecular complexity index is 162. The van der Waals surface area contributed by atoms with E-state index in [2.05, 4.69) is 0 Å². The summed E-state index contributed by atoms with van der Waals surface area (Å²) in [7, 11) is 0. The number of hydrogen-bond donors (Lipinski definition) is 3. The molecule has 0 heterocycles. The van der Waals surface area contributed by atoms with Crippen molar-refractivity contribution in [2.24, 2.45) is 5.84 Å². The molecule has 0 unspecified atom stereocenters. The molecule has 0 saturated carbocycles. The van der Waals surface area contributed by atoms with Crippen molar-refractivity contribution in [3.63, 3.8) is 0 Å². The Morgan fingerprint density at radius 2 is 1.07 bits per heavy atom. The first kappa shape index (κ1) is 13.1. The second-order valence-corrected chi connectivity index (χ2v) is 2.64. The molecule has 4 N–H and O–H groups in total. The number of benzene rings is 1. The average Bonchev–Trinajstić information content (AvgIpc) is 2.22. The van der Waals surface area contributed by atoms with Crippen molar-refractivity contribution in [1.29, 1.82) is 0 Å². The first-order chi connectivity index (χ1) is 6.81. The molecule has 0 amide bonds. The molecule has 0 aliphatic heterocycles. The van der Waals surface area contributed by atoms with Gasteiger partial charge in [-0.15, -0.1) is 0 Å². The summed E-state index contributed by atoms with van der Waals surface area (Å²) in [5, 5.41) is 17.9. The highest BCUT2D eigenvalue weighted by atomic mass is 16.3. The van der Waals surface area contributed by atoms with Gasteiger partial charge in [0.15, 0.2) is 0 Å². The summed E-state index contributed by atoms with van der Waals surface area (Å²) < 4.78 is 0. The molecule has 0 fully saturated rings. The predicted octanol–water partition coefficient (Wildman–Crippen LogP) is -0.167. The average molecular weight is 198 g/mol. The quantitative estimate of drug-likeness (QED) is 0.464. The molecule has 0 aromatic heterocycles. The van der Waals surface area contributed by atoms with Gasteiger partial charge >= 0.3 is 0 Å². The fraction of sp³-hybridized carbons (Fsp3) is 0.400. The number of rotatable bonds is 4. The molecule has 0 spiro atoms. The van der Waals surface area contributed by atoms with Crippen LogP contribution in [0.5, 0.6) is 0 Å². The highest BCUT2D eigenvalue weighted by Gasteiger charge is 1.92. The van der Waals surface area contributed by atoms with E-state index in [-0.39, 0.29) is 13.2 Å².